The van der Waals surface area contributed by atoms with Crippen molar-refractivity contribution in [2.24, 2.45) is 0 Å². The van der Waals surface area contributed by atoms with Crippen LogP contribution in [0.4, 0.5) is 0 Å². The van der Waals surface area contributed by atoms with Crippen molar-refractivity contribution in [3.05, 3.63) is 47.5 Å². The summed E-state index contributed by atoms with van der Waals surface area (Å²) in [7, 11) is 0. The molecular formula is C17H24N2O2. The minimum absolute atomic E-state index is 0.284. The average Bonchev–Trinajstić information content (AvgIpc) is 2.83. The van der Waals surface area contributed by atoms with E-state index in [4.69, 9.17) is 4.74 Å². The molecule has 1 aromatic carbocycles. The summed E-state index contributed by atoms with van der Waals surface area (Å²) in [6.45, 7) is 7.00. The van der Waals surface area contributed by atoms with E-state index < -0.39 is 6.10 Å². The summed E-state index contributed by atoms with van der Waals surface area (Å²) in [5.41, 5.74) is 2.33. The normalized spacial score (nSPS) is 12.4. The monoisotopic (exact) mass is 288 g/mol. The Morgan fingerprint density at radius 3 is 2.62 bits per heavy atom. The van der Waals surface area contributed by atoms with Gasteiger partial charge in [-0.2, -0.15) is 0 Å². The van der Waals surface area contributed by atoms with E-state index in [1.165, 1.54) is 11.1 Å². The largest absolute Gasteiger partial charge is 0.491 e. The predicted molar refractivity (Wildman–Crippen MR) is 83.6 cm³/mol. The molecule has 1 aromatic heterocycles. The molecular weight excluding hydrogens is 264 g/mol. The minimum Gasteiger partial charge on any atom is -0.491 e. The fourth-order valence-corrected chi connectivity index (χ4v) is 2.45. The molecule has 0 aliphatic rings. The van der Waals surface area contributed by atoms with Crippen LogP contribution in [-0.2, 0) is 13.0 Å². The van der Waals surface area contributed by atoms with Gasteiger partial charge in [0.1, 0.15) is 24.3 Å². The Hall–Kier alpha value is -1.81. The molecule has 2 aromatic rings. The van der Waals surface area contributed by atoms with Crippen molar-refractivity contribution in [1.29, 1.82) is 0 Å². The van der Waals surface area contributed by atoms with Crippen LogP contribution in [0.25, 0.3) is 0 Å². The van der Waals surface area contributed by atoms with Gasteiger partial charge in [0.05, 0.1) is 6.54 Å². The van der Waals surface area contributed by atoms with Crippen LogP contribution in [0.2, 0.25) is 0 Å². The molecule has 0 saturated heterocycles. The zero-order valence-corrected chi connectivity index (χ0v) is 13.0. The van der Waals surface area contributed by atoms with E-state index in [9.17, 15) is 5.11 Å². The molecule has 114 valence electrons. The van der Waals surface area contributed by atoms with E-state index in [1.54, 1.807) is 6.20 Å². The van der Waals surface area contributed by atoms with Gasteiger partial charge >= 0.3 is 0 Å². The summed E-state index contributed by atoms with van der Waals surface area (Å²) < 4.78 is 7.69. The first-order valence-corrected chi connectivity index (χ1v) is 7.47. The third-order valence-electron chi connectivity index (χ3n) is 3.32. The summed E-state index contributed by atoms with van der Waals surface area (Å²) in [5, 5.41) is 10.1. The predicted octanol–water partition coefficient (Wildman–Crippen LogP) is 2.89. The van der Waals surface area contributed by atoms with Crippen molar-refractivity contribution in [3.8, 4) is 5.75 Å². The van der Waals surface area contributed by atoms with E-state index in [0.717, 1.165) is 24.4 Å². The smallest absolute Gasteiger partial charge is 0.119 e. The standard InChI is InChI=1S/C17H24N2O2/c1-4-5-17-18-6-7-19(17)11-15(20)12-21-16-9-13(2)8-14(3)10-16/h6-10,15,20H,4-5,11-12H2,1-3H3. The lowest BCUT2D eigenvalue weighted by Gasteiger charge is -2.15. The van der Waals surface area contributed by atoms with Crippen LogP contribution < -0.4 is 4.74 Å². The molecule has 0 amide bonds. The maximum Gasteiger partial charge on any atom is 0.119 e. The van der Waals surface area contributed by atoms with E-state index >= 15 is 0 Å². The summed E-state index contributed by atoms with van der Waals surface area (Å²) in [6.07, 6.45) is 5.12. The second-order valence-corrected chi connectivity index (χ2v) is 5.53. The molecule has 0 bridgehead atoms. The van der Waals surface area contributed by atoms with Crippen molar-refractivity contribution in [2.75, 3.05) is 6.61 Å². The molecule has 1 N–H and O–H groups in total. The van der Waals surface area contributed by atoms with E-state index in [1.807, 2.05) is 36.7 Å². The van der Waals surface area contributed by atoms with Gasteiger partial charge in [-0.15, -0.1) is 0 Å². The maximum atomic E-state index is 10.1. The summed E-state index contributed by atoms with van der Waals surface area (Å²) in [6, 6.07) is 6.07. The van der Waals surface area contributed by atoms with Crippen LogP contribution in [0, 0.1) is 13.8 Å². The molecule has 0 radical (unpaired) electrons. The zero-order valence-electron chi connectivity index (χ0n) is 13.0. The van der Waals surface area contributed by atoms with Gasteiger partial charge in [0.2, 0.25) is 0 Å². The SMILES string of the molecule is CCCc1nccn1CC(O)COc1cc(C)cc(C)c1. The van der Waals surface area contributed by atoms with Crippen LogP contribution in [0.3, 0.4) is 0 Å². The van der Waals surface area contributed by atoms with Crippen molar-refractivity contribution < 1.29 is 9.84 Å². The third-order valence-corrected chi connectivity index (χ3v) is 3.32. The zero-order chi connectivity index (χ0) is 15.2. The number of ether oxygens (including phenoxy) is 1. The van der Waals surface area contributed by atoms with Gasteiger partial charge in [-0.25, -0.2) is 4.98 Å². The number of hydrogen-bond acceptors (Lipinski definition) is 3. The number of rotatable bonds is 7. The topological polar surface area (TPSA) is 47.3 Å². The van der Waals surface area contributed by atoms with Gasteiger partial charge in [0, 0.05) is 18.8 Å². The molecule has 1 unspecified atom stereocenters. The van der Waals surface area contributed by atoms with Gasteiger partial charge in [-0.3, -0.25) is 0 Å². The molecule has 0 spiro atoms. The molecule has 0 aliphatic carbocycles. The lowest BCUT2D eigenvalue weighted by Crippen LogP contribution is -2.24. The number of benzene rings is 1. The average molecular weight is 288 g/mol. The van der Waals surface area contributed by atoms with Crippen molar-refractivity contribution in [1.82, 2.24) is 9.55 Å². The molecule has 0 saturated carbocycles. The van der Waals surface area contributed by atoms with Crippen LogP contribution >= 0.6 is 0 Å². The number of aryl methyl sites for hydroxylation is 3. The van der Waals surface area contributed by atoms with Gasteiger partial charge in [0.25, 0.3) is 0 Å². The lowest BCUT2D eigenvalue weighted by atomic mass is 10.1. The highest BCUT2D eigenvalue weighted by atomic mass is 16.5. The highest BCUT2D eigenvalue weighted by Crippen LogP contribution is 2.16. The van der Waals surface area contributed by atoms with Crippen molar-refractivity contribution in [2.45, 2.75) is 46.3 Å². The Bertz CT molecular complexity index is 558. The molecule has 4 heteroatoms. The molecule has 21 heavy (non-hydrogen) atoms. The molecule has 0 aliphatic heterocycles. The number of nitrogens with zero attached hydrogens (tertiary/aromatic N) is 2. The lowest BCUT2D eigenvalue weighted by molar-refractivity contribution is 0.0916. The highest BCUT2D eigenvalue weighted by molar-refractivity contribution is 5.32. The number of hydrogen-bond donors (Lipinski definition) is 1. The number of aromatic nitrogens is 2. The number of imidazole rings is 1. The maximum absolute atomic E-state index is 10.1. The Kier molecular flexibility index (Phi) is 5.39. The third kappa shape index (κ3) is 4.60. The Morgan fingerprint density at radius 1 is 1.24 bits per heavy atom. The minimum atomic E-state index is -0.546. The summed E-state index contributed by atoms with van der Waals surface area (Å²) in [4.78, 5) is 4.31. The molecule has 2 rings (SSSR count). The Labute approximate surface area is 126 Å². The van der Waals surface area contributed by atoms with E-state index in [-0.39, 0.29) is 6.61 Å². The van der Waals surface area contributed by atoms with Crippen molar-refractivity contribution >= 4 is 0 Å². The van der Waals surface area contributed by atoms with Crippen LogP contribution in [-0.4, -0.2) is 27.4 Å². The molecule has 1 atom stereocenters. The second-order valence-electron chi connectivity index (χ2n) is 5.53. The fourth-order valence-electron chi connectivity index (χ4n) is 2.45. The van der Waals surface area contributed by atoms with Crippen LogP contribution in [0.15, 0.2) is 30.6 Å². The van der Waals surface area contributed by atoms with Crippen molar-refractivity contribution in [3.63, 3.8) is 0 Å². The molecule has 1 heterocycles. The first kappa shape index (κ1) is 15.6. The fraction of sp³-hybridized carbons (Fsp3) is 0.471. The summed E-state index contributed by atoms with van der Waals surface area (Å²) >= 11 is 0. The van der Waals surface area contributed by atoms with E-state index in [2.05, 4.69) is 18.0 Å². The molecule has 0 fully saturated rings. The molecule has 4 nitrogen and oxygen atoms in total. The van der Waals surface area contributed by atoms with Gasteiger partial charge in [-0.05, 0) is 43.5 Å². The first-order chi connectivity index (χ1) is 10.1. The summed E-state index contributed by atoms with van der Waals surface area (Å²) in [5.74, 6) is 1.83. The number of aliphatic hydroxyl groups excluding tert-OH is 1. The van der Waals surface area contributed by atoms with Gasteiger partial charge in [0.15, 0.2) is 0 Å². The second kappa shape index (κ2) is 7.27. The van der Waals surface area contributed by atoms with Crippen LogP contribution in [0.5, 0.6) is 5.75 Å². The highest BCUT2D eigenvalue weighted by Gasteiger charge is 2.10. The number of aliphatic hydroxyl groups is 1. The first-order valence-electron chi connectivity index (χ1n) is 7.47. The van der Waals surface area contributed by atoms with Gasteiger partial charge in [-0.1, -0.05) is 13.0 Å². The van der Waals surface area contributed by atoms with E-state index in [0.29, 0.717) is 6.54 Å². The Balaban J connectivity index is 1.89. The quantitative estimate of drug-likeness (QED) is 0.852. The van der Waals surface area contributed by atoms with Crippen LogP contribution in [0.1, 0.15) is 30.3 Å². The van der Waals surface area contributed by atoms with Gasteiger partial charge < -0.3 is 14.4 Å². The Morgan fingerprint density at radius 2 is 1.95 bits per heavy atom.